The van der Waals surface area contributed by atoms with E-state index in [0.717, 1.165) is 38.9 Å². The van der Waals surface area contributed by atoms with E-state index in [1.165, 1.54) is 5.56 Å². The van der Waals surface area contributed by atoms with Crippen LogP contribution in [0.15, 0.2) is 27.1 Å². The van der Waals surface area contributed by atoms with Gasteiger partial charge in [-0.2, -0.15) is 5.10 Å². The predicted molar refractivity (Wildman–Crippen MR) is 91.5 cm³/mol. The molecule has 4 nitrogen and oxygen atoms in total. The van der Waals surface area contributed by atoms with Crippen molar-refractivity contribution in [3.63, 3.8) is 0 Å². The molecule has 0 aliphatic carbocycles. The molecule has 1 aromatic heterocycles. The quantitative estimate of drug-likeness (QED) is 0.782. The van der Waals surface area contributed by atoms with Crippen molar-refractivity contribution in [3.05, 3.63) is 44.1 Å². The lowest BCUT2D eigenvalue weighted by Crippen LogP contribution is -2.05. The van der Waals surface area contributed by atoms with Crippen molar-refractivity contribution in [1.82, 2.24) is 9.78 Å². The van der Waals surface area contributed by atoms with Gasteiger partial charge in [0.25, 0.3) is 0 Å². The van der Waals surface area contributed by atoms with Crippen LogP contribution in [0.5, 0.6) is 5.75 Å². The van der Waals surface area contributed by atoms with Crippen molar-refractivity contribution in [2.75, 3.05) is 6.54 Å². The number of aromatic nitrogens is 2. The smallest absolute Gasteiger partial charge is 0.134 e. The Balaban J connectivity index is 2.11. The molecule has 6 heteroatoms. The molecule has 2 aromatic rings. The minimum absolute atomic E-state index is 0.471. The van der Waals surface area contributed by atoms with E-state index in [0.29, 0.717) is 13.2 Å². The number of hydrogen-bond acceptors (Lipinski definition) is 3. The number of nitrogens with two attached hydrogens (primary N) is 1. The second-order valence-corrected chi connectivity index (χ2v) is 6.42. The third kappa shape index (κ3) is 3.87. The first-order valence-corrected chi connectivity index (χ1v) is 8.47. The van der Waals surface area contributed by atoms with Crippen molar-refractivity contribution in [2.45, 2.75) is 26.4 Å². The van der Waals surface area contributed by atoms with Crippen LogP contribution in [-0.2, 0) is 26.5 Å². The fourth-order valence-corrected chi connectivity index (χ4v) is 3.38. The first kappa shape index (κ1) is 16.5. The van der Waals surface area contributed by atoms with Gasteiger partial charge in [0, 0.05) is 7.05 Å². The Morgan fingerprint density at radius 1 is 1.33 bits per heavy atom. The third-order valence-corrected chi connectivity index (χ3v) is 4.83. The highest BCUT2D eigenvalue weighted by molar-refractivity contribution is 9.10. The Morgan fingerprint density at radius 3 is 2.67 bits per heavy atom. The van der Waals surface area contributed by atoms with Crippen molar-refractivity contribution >= 4 is 31.9 Å². The van der Waals surface area contributed by atoms with E-state index in [-0.39, 0.29) is 0 Å². The number of nitrogens with zero attached hydrogens (tertiary/aromatic N) is 2. The molecule has 0 bridgehead atoms. The number of benzene rings is 1. The van der Waals surface area contributed by atoms with Gasteiger partial charge in [0.2, 0.25) is 0 Å². The van der Waals surface area contributed by atoms with E-state index in [9.17, 15) is 0 Å². The second kappa shape index (κ2) is 7.42. The van der Waals surface area contributed by atoms with Crippen molar-refractivity contribution in [1.29, 1.82) is 0 Å². The molecule has 0 unspecified atom stereocenters. The average molecular weight is 417 g/mol. The molecule has 2 N–H and O–H groups in total. The zero-order valence-corrected chi connectivity index (χ0v) is 15.4. The molecule has 21 heavy (non-hydrogen) atoms. The van der Waals surface area contributed by atoms with E-state index in [2.05, 4.69) is 49.9 Å². The van der Waals surface area contributed by atoms with Crippen molar-refractivity contribution in [3.8, 4) is 5.75 Å². The van der Waals surface area contributed by atoms with Crippen molar-refractivity contribution in [2.24, 2.45) is 12.8 Å². The summed E-state index contributed by atoms with van der Waals surface area (Å²) in [5.74, 6) is 0.821. The summed E-state index contributed by atoms with van der Waals surface area (Å²) in [7, 11) is 1.93. The molecule has 2 rings (SSSR count). The second-order valence-electron chi connectivity index (χ2n) is 4.78. The summed E-state index contributed by atoms with van der Waals surface area (Å²) in [5, 5.41) is 4.47. The predicted octanol–water partition coefficient (Wildman–Crippen LogP) is 3.59. The van der Waals surface area contributed by atoms with Gasteiger partial charge in [0.05, 0.1) is 20.3 Å². The highest BCUT2D eigenvalue weighted by atomic mass is 79.9. The maximum absolute atomic E-state index is 5.91. The number of halogens is 2. The lowest BCUT2D eigenvalue weighted by molar-refractivity contribution is 0.292. The summed E-state index contributed by atoms with van der Waals surface area (Å²) in [6.07, 6.45) is 1.76. The topological polar surface area (TPSA) is 53.1 Å². The van der Waals surface area contributed by atoms with Crippen LogP contribution in [0.3, 0.4) is 0 Å². The Kier molecular flexibility index (Phi) is 5.84. The van der Waals surface area contributed by atoms with Gasteiger partial charge in [0.1, 0.15) is 12.4 Å². The van der Waals surface area contributed by atoms with Gasteiger partial charge in [-0.15, -0.1) is 0 Å². The van der Waals surface area contributed by atoms with Crippen LogP contribution in [0, 0.1) is 0 Å². The molecule has 1 aromatic carbocycles. The number of ether oxygens (including phenoxy) is 1. The summed E-state index contributed by atoms with van der Waals surface area (Å²) in [4.78, 5) is 0. The van der Waals surface area contributed by atoms with Gasteiger partial charge in [-0.1, -0.05) is 13.0 Å². The van der Waals surface area contributed by atoms with Crippen LogP contribution in [0.4, 0.5) is 0 Å². The zero-order valence-electron chi connectivity index (χ0n) is 12.2. The number of rotatable bonds is 6. The van der Waals surface area contributed by atoms with Gasteiger partial charge >= 0.3 is 0 Å². The molecule has 0 saturated carbocycles. The van der Waals surface area contributed by atoms with Gasteiger partial charge in [-0.3, -0.25) is 4.68 Å². The molecule has 114 valence electrons. The van der Waals surface area contributed by atoms with Crippen molar-refractivity contribution < 1.29 is 4.74 Å². The number of aryl methyl sites for hydroxylation is 2. The maximum atomic E-state index is 5.91. The van der Waals surface area contributed by atoms with Gasteiger partial charge in [-0.25, -0.2) is 0 Å². The van der Waals surface area contributed by atoms with Crippen LogP contribution in [0.1, 0.15) is 23.9 Å². The van der Waals surface area contributed by atoms with Gasteiger partial charge in [-0.05, 0) is 68.9 Å². The van der Waals surface area contributed by atoms with Crippen LogP contribution in [-0.4, -0.2) is 16.3 Å². The molecule has 0 atom stereocenters. The molecule has 0 amide bonds. The van der Waals surface area contributed by atoms with Crippen LogP contribution in [0.2, 0.25) is 0 Å². The maximum Gasteiger partial charge on any atom is 0.134 e. The van der Waals surface area contributed by atoms with E-state index >= 15 is 0 Å². The molecule has 0 spiro atoms. The van der Waals surface area contributed by atoms with Gasteiger partial charge < -0.3 is 10.5 Å². The molecule has 1 heterocycles. The van der Waals surface area contributed by atoms with E-state index in [1.54, 1.807) is 0 Å². The first-order chi connectivity index (χ1) is 10.1. The Labute approximate surface area is 141 Å². The van der Waals surface area contributed by atoms with Crippen LogP contribution >= 0.6 is 31.9 Å². The average Bonchev–Trinajstić information content (AvgIpc) is 2.73. The minimum Gasteiger partial charge on any atom is -0.486 e. The summed E-state index contributed by atoms with van der Waals surface area (Å²) < 4.78 is 9.74. The summed E-state index contributed by atoms with van der Waals surface area (Å²) in [6, 6.07) is 6.07. The Morgan fingerprint density at radius 2 is 2.10 bits per heavy atom. The fourth-order valence-electron chi connectivity index (χ4n) is 2.11. The molecule has 0 fully saturated rings. The van der Waals surface area contributed by atoms with Gasteiger partial charge in [0.15, 0.2) is 0 Å². The standard InChI is InChI=1S/C15H19Br2N3O/c1-3-12-15(17)13(20(2)19-12)9-21-14-5-4-10(6-7-18)8-11(14)16/h4-5,8H,3,6-7,9,18H2,1-2H3. The number of hydrogen-bond donors (Lipinski definition) is 1. The third-order valence-electron chi connectivity index (χ3n) is 3.30. The largest absolute Gasteiger partial charge is 0.486 e. The van der Waals surface area contributed by atoms with Crippen LogP contribution < -0.4 is 10.5 Å². The molecule has 0 saturated heterocycles. The molecular formula is C15H19Br2N3O. The monoisotopic (exact) mass is 415 g/mol. The molecule has 0 aliphatic rings. The molecular weight excluding hydrogens is 398 g/mol. The van der Waals surface area contributed by atoms with Crippen LogP contribution in [0.25, 0.3) is 0 Å². The lowest BCUT2D eigenvalue weighted by atomic mass is 10.1. The summed E-state index contributed by atoms with van der Waals surface area (Å²) in [5.41, 5.74) is 8.85. The first-order valence-electron chi connectivity index (χ1n) is 6.88. The summed E-state index contributed by atoms with van der Waals surface area (Å²) >= 11 is 7.14. The van der Waals surface area contributed by atoms with E-state index < -0.39 is 0 Å². The highest BCUT2D eigenvalue weighted by Crippen LogP contribution is 2.28. The van der Waals surface area contributed by atoms with E-state index in [4.69, 9.17) is 10.5 Å². The Bertz CT molecular complexity index is 626. The summed E-state index contributed by atoms with van der Waals surface area (Å²) in [6.45, 7) is 3.21. The van der Waals surface area contributed by atoms with E-state index in [1.807, 2.05) is 23.9 Å². The minimum atomic E-state index is 0.471. The zero-order chi connectivity index (χ0) is 15.4. The SMILES string of the molecule is CCc1nn(C)c(COc2ccc(CCN)cc2Br)c1Br. The molecule has 0 aliphatic heterocycles. The highest BCUT2D eigenvalue weighted by Gasteiger charge is 2.13. The normalized spacial score (nSPS) is 10.9. The lowest BCUT2D eigenvalue weighted by Gasteiger charge is -2.10. The Hall–Kier alpha value is -0.850. The fraction of sp³-hybridized carbons (Fsp3) is 0.400. The molecule has 0 radical (unpaired) electrons.